The first kappa shape index (κ1) is 17.2. The molecule has 0 bridgehead atoms. The molecule has 0 atom stereocenters. The van der Waals surface area contributed by atoms with Gasteiger partial charge in [-0.25, -0.2) is 0 Å². The molecule has 26 heavy (non-hydrogen) atoms. The third-order valence-electron chi connectivity index (χ3n) is 3.74. The van der Waals surface area contributed by atoms with Crippen molar-refractivity contribution >= 4 is 34.9 Å². The number of ether oxygens (including phenoxy) is 1. The average Bonchev–Trinajstić information content (AvgIpc) is 3.08. The Kier molecular flexibility index (Phi) is 4.40. The van der Waals surface area contributed by atoms with Crippen molar-refractivity contribution in [3.63, 3.8) is 0 Å². The zero-order chi connectivity index (χ0) is 18.8. The number of fused-ring (bicyclic) bond motifs is 1. The van der Waals surface area contributed by atoms with Crippen LogP contribution in [0.25, 0.3) is 23.1 Å². The Hall–Kier alpha value is -3.68. The number of carbonyl (C=O) groups excluding carboxylic acids is 1. The predicted octanol–water partition coefficient (Wildman–Crippen LogP) is 3.14. The summed E-state index contributed by atoms with van der Waals surface area (Å²) >= 11 is 0. The van der Waals surface area contributed by atoms with E-state index in [1.807, 2.05) is 0 Å². The first-order chi connectivity index (χ1) is 12.4. The molecule has 0 radical (unpaired) electrons. The first-order valence-corrected chi connectivity index (χ1v) is 7.61. The fourth-order valence-corrected chi connectivity index (χ4v) is 2.59. The van der Waals surface area contributed by atoms with Crippen molar-refractivity contribution in [2.75, 3.05) is 0 Å². The summed E-state index contributed by atoms with van der Waals surface area (Å²) in [5, 5.41) is 11.3. The number of benzene rings is 1. The van der Waals surface area contributed by atoms with Crippen molar-refractivity contribution in [3.8, 4) is 5.75 Å². The zero-order valence-corrected chi connectivity index (χ0v) is 14.0. The second-order valence-corrected chi connectivity index (χ2v) is 5.48. The summed E-state index contributed by atoms with van der Waals surface area (Å²) in [7, 11) is 1.61. The van der Waals surface area contributed by atoms with Crippen LogP contribution in [0.5, 0.6) is 5.75 Å². The van der Waals surface area contributed by atoms with Crippen molar-refractivity contribution < 1.29 is 18.9 Å². The van der Waals surface area contributed by atoms with Gasteiger partial charge in [-0.05, 0) is 30.4 Å². The quantitative estimate of drug-likeness (QED) is 0.405. The summed E-state index contributed by atoms with van der Waals surface area (Å²) in [6, 6.07) is 9.64. The van der Waals surface area contributed by atoms with E-state index in [2.05, 4.69) is 0 Å². The molecule has 3 rings (SSSR count). The molecule has 0 saturated carbocycles. The predicted molar refractivity (Wildman–Crippen MR) is 94.8 cm³/mol. The highest BCUT2D eigenvalue weighted by Crippen LogP contribution is 2.29. The van der Waals surface area contributed by atoms with Gasteiger partial charge in [0.1, 0.15) is 10.7 Å². The van der Waals surface area contributed by atoms with Crippen molar-refractivity contribution in [2.45, 2.75) is 6.92 Å². The number of hydrogen-bond donors (Lipinski definition) is 0. The van der Waals surface area contributed by atoms with E-state index < -0.39 is 16.8 Å². The zero-order valence-electron chi connectivity index (χ0n) is 14.0. The number of esters is 1. The van der Waals surface area contributed by atoms with Crippen LogP contribution in [0.1, 0.15) is 18.2 Å². The molecule has 0 aliphatic carbocycles. The van der Waals surface area contributed by atoms with Gasteiger partial charge in [-0.1, -0.05) is 12.1 Å². The standard InChI is InChI=1S/C18H14N2O6/c1-11(21)25-17-13-5-3-4-6-15(13)19(2)18(22)14(17)9-7-12-8-10-16(26-12)20(23)24/h3-10H,1-2H3/b9-7+. The number of pyridine rings is 1. The second-order valence-electron chi connectivity index (χ2n) is 5.48. The molecule has 0 amide bonds. The Morgan fingerprint density at radius 2 is 1.96 bits per heavy atom. The highest BCUT2D eigenvalue weighted by Gasteiger charge is 2.17. The SMILES string of the molecule is CC(=O)Oc1c(/C=C/c2ccc([N+](=O)[O-])o2)c(=O)n(C)c2ccccc12. The molecule has 0 N–H and O–H groups in total. The van der Waals surface area contributed by atoms with Crippen LogP contribution in [0.2, 0.25) is 0 Å². The van der Waals surface area contributed by atoms with Gasteiger partial charge in [0, 0.05) is 19.4 Å². The lowest BCUT2D eigenvalue weighted by molar-refractivity contribution is -0.402. The third-order valence-corrected chi connectivity index (χ3v) is 3.74. The number of hydrogen-bond acceptors (Lipinski definition) is 6. The number of nitro groups is 1. The van der Waals surface area contributed by atoms with Gasteiger partial charge in [-0.15, -0.1) is 0 Å². The molecule has 2 aromatic heterocycles. The Balaban J connectivity index is 2.18. The number of nitrogens with zero attached hydrogens (tertiary/aromatic N) is 2. The molecule has 0 spiro atoms. The molecule has 0 saturated heterocycles. The van der Waals surface area contributed by atoms with Crippen LogP contribution in [0.3, 0.4) is 0 Å². The normalized spacial score (nSPS) is 11.2. The van der Waals surface area contributed by atoms with Crippen molar-refractivity contribution in [2.24, 2.45) is 7.05 Å². The number of para-hydroxylation sites is 1. The van der Waals surface area contributed by atoms with E-state index in [0.717, 1.165) is 0 Å². The summed E-state index contributed by atoms with van der Waals surface area (Å²) in [5.74, 6) is -0.642. The van der Waals surface area contributed by atoms with E-state index in [4.69, 9.17) is 9.15 Å². The maximum absolute atomic E-state index is 12.7. The van der Waals surface area contributed by atoms with Crippen LogP contribution in [0, 0.1) is 10.1 Å². The maximum atomic E-state index is 12.7. The van der Waals surface area contributed by atoms with Gasteiger partial charge in [0.25, 0.3) is 5.56 Å². The van der Waals surface area contributed by atoms with Gasteiger partial charge in [-0.3, -0.25) is 19.7 Å². The van der Waals surface area contributed by atoms with Crippen molar-refractivity contribution in [1.82, 2.24) is 4.57 Å². The van der Waals surface area contributed by atoms with Crippen LogP contribution in [0.15, 0.2) is 45.6 Å². The van der Waals surface area contributed by atoms with Crippen LogP contribution in [-0.4, -0.2) is 15.5 Å². The molecule has 3 aromatic rings. The minimum Gasteiger partial charge on any atom is -0.425 e. The monoisotopic (exact) mass is 354 g/mol. The number of rotatable bonds is 4. The molecule has 132 valence electrons. The Morgan fingerprint density at radius 1 is 1.23 bits per heavy atom. The van der Waals surface area contributed by atoms with Gasteiger partial charge in [0.05, 0.1) is 17.1 Å². The van der Waals surface area contributed by atoms with Gasteiger partial charge in [0.2, 0.25) is 0 Å². The van der Waals surface area contributed by atoms with E-state index in [1.165, 1.54) is 35.8 Å². The lowest BCUT2D eigenvalue weighted by Gasteiger charge is -2.12. The molecule has 0 aliphatic heterocycles. The number of carbonyl (C=O) groups is 1. The summed E-state index contributed by atoms with van der Waals surface area (Å²) in [6.07, 6.45) is 2.82. The topological polar surface area (TPSA) is 105 Å². The van der Waals surface area contributed by atoms with E-state index in [1.54, 1.807) is 31.3 Å². The largest absolute Gasteiger partial charge is 0.433 e. The van der Waals surface area contributed by atoms with Crippen LogP contribution in [-0.2, 0) is 11.8 Å². The smallest absolute Gasteiger partial charge is 0.425 e. The van der Waals surface area contributed by atoms with E-state index >= 15 is 0 Å². The molecule has 0 fully saturated rings. The Bertz CT molecular complexity index is 1110. The summed E-state index contributed by atoms with van der Waals surface area (Å²) in [5.41, 5.74) is 0.372. The number of furan rings is 1. The molecule has 8 nitrogen and oxygen atoms in total. The molecular weight excluding hydrogens is 340 g/mol. The fourth-order valence-electron chi connectivity index (χ4n) is 2.59. The minimum absolute atomic E-state index is 0.133. The van der Waals surface area contributed by atoms with Crippen LogP contribution < -0.4 is 10.3 Å². The fraction of sp³-hybridized carbons (Fsp3) is 0.111. The van der Waals surface area contributed by atoms with Gasteiger partial charge >= 0.3 is 11.9 Å². The van der Waals surface area contributed by atoms with Crippen LogP contribution in [0.4, 0.5) is 5.88 Å². The van der Waals surface area contributed by atoms with E-state index in [-0.39, 0.29) is 22.6 Å². The van der Waals surface area contributed by atoms with Crippen molar-refractivity contribution in [1.29, 1.82) is 0 Å². The van der Waals surface area contributed by atoms with E-state index in [9.17, 15) is 19.7 Å². The molecule has 8 heteroatoms. The highest BCUT2D eigenvalue weighted by atomic mass is 16.6. The molecule has 0 unspecified atom stereocenters. The average molecular weight is 354 g/mol. The Morgan fingerprint density at radius 3 is 2.62 bits per heavy atom. The van der Waals surface area contributed by atoms with Gasteiger partial charge < -0.3 is 13.7 Å². The third kappa shape index (κ3) is 3.12. The molecular formula is C18H14N2O6. The van der Waals surface area contributed by atoms with E-state index in [0.29, 0.717) is 10.9 Å². The highest BCUT2D eigenvalue weighted by molar-refractivity contribution is 5.92. The molecule has 0 aliphatic rings. The number of aromatic nitrogens is 1. The second kappa shape index (κ2) is 6.67. The summed E-state index contributed by atoms with van der Waals surface area (Å²) in [6.45, 7) is 1.25. The molecule has 2 heterocycles. The minimum atomic E-state index is -0.656. The van der Waals surface area contributed by atoms with Gasteiger partial charge in [0.15, 0.2) is 5.75 Å². The summed E-state index contributed by atoms with van der Waals surface area (Å²) in [4.78, 5) is 34.2. The van der Waals surface area contributed by atoms with Gasteiger partial charge in [-0.2, -0.15) is 0 Å². The van der Waals surface area contributed by atoms with Crippen LogP contribution >= 0.6 is 0 Å². The lowest BCUT2D eigenvalue weighted by Crippen LogP contribution is -2.21. The molecule has 1 aromatic carbocycles. The maximum Gasteiger partial charge on any atom is 0.433 e. The Labute approximate surface area is 147 Å². The summed E-state index contributed by atoms with van der Waals surface area (Å²) < 4.78 is 11.8. The van der Waals surface area contributed by atoms with Crippen molar-refractivity contribution in [3.05, 3.63) is 68.2 Å². The first-order valence-electron chi connectivity index (χ1n) is 7.61. The number of aryl methyl sites for hydroxylation is 1. The lowest BCUT2D eigenvalue weighted by atomic mass is 10.1.